The molecule has 0 spiro atoms. The van der Waals surface area contributed by atoms with Crippen LogP contribution in [-0.4, -0.2) is 20.7 Å². The molecule has 0 aliphatic heterocycles. The number of hydrogen-bond acceptors (Lipinski definition) is 3. The summed E-state index contributed by atoms with van der Waals surface area (Å²) in [5, 5.41) is 6.84. The second-order valence-corrected chi connectivity index (χ2v) is 5.47. The van der Waals surface area contributed by atoms with Crippen LogP contribution in [0, 0.1) is 11.7 Å². The molecule has 21 heavy (non-hydrogen) atoms. The first-order valence-corrected chi connectivity index (χ1v) is 6.87. The molecule has 112 valence electrons. The zero-order valence-corrected chi connectivity index (χ0v) is 12.7. The minimum atomic E-state index is -0.621. The lowest BCUT2D eigenvalue weighted by atomic mass is 10.0. The zero-order chi connectivity index (χ0) is 15.6. The maximum atomic E-state index is 13.4. The summed E-state index contributed by atoms with van der Waals surface area (Å²) in [6.07, 6.45) is 1.43. The molecule has 1 N–H and O–H groups in total. The highest BCUT2D eigenvalue weighted by Gasteiger charge is 2.23. The van der Waals surface area contributed by atoms with Crippen molar-refractivity contribution in [3.8, 4) is 0 Å². The average molecular weight is 311 g/mol. The van der Waals surface area contributed by atoms with Crippen molar-refractivity contribution < 1.29 is 9.18 Å². The number of hydrogen-bond donors (Lipinski definition) is 1. The number of aromatic nitrogens is 3. The molecule has 1 aromatic carbocycles. The zero-order valence-electron chi connectivity index (χ0n) is 12.0. The summed E-state index contributed by atoms with van der Waals surface area (Å²) in [5.41, 5.74) is 0.213. The minimum Gasteiger partial charge on any atom is -0.342 e. The molecule has 0 bridgehead atoms. The highest BCUT2D eigenvalue weighted by Crippen LogP contribution is 2.21. The molecule has 7 heteroatoms. The second-order valence-electron chi connectivity index (χ2n) is 5.07. The number of rotatable bonds is 4. The van der Waals surface area contributed by atoms with Crippen LogP contribution in [0.25, 0.3) is 0 Å². The summed E-state index contributed by atoms with van der Waals surface area (Å²) in [4.78, 5) is 16.4. The molecule has 1 unspecified atom stereocenters. The summed E-state index contributed by atoms with van der Waals surface area (Å²) in [5.74, 6) is -0.252. The van der Waals surface area contributed by atoms with Gasteiger partial charge < -0.3 is 5.32 Å². The molecule has 1 atom stereocenters. The smallest absolute Gasteiger partial charge is 0.251 e. The van der Waals surface area contributed by atoms with Gasteiger partial charge in [-0.2, -0.15) is 5.10 Å². The molecule has 0 saturated heterocycles. The average Bonchev–Trinajstić information content (AvgIpc) is 2.84. The first-order chi connectivity index (χ1) is 9.90. The highest BCUT2D eigenvalue weighted by atomic mass is 35.5. The van der Waals surface area contributed by atoms with Crippen molar-refractivity contribution in [3.05, 3.63) is 46.8 Å². The van der Waals surface area contributed by atoms with Gasteiger partial charge in [-0.25, -0.2) is 9.37 Å². The van der Waals surface area contributed by atoms with Crippen LogP contribution in [0.1, 0.15) is 36.1 Å². The van der Waals surface area contributed by atoms with Gasteiger partial charge in [-0.3, -0.25) is 9.48 Å². The van der Waals surface area contributed by atoms with E-state index in [9.17, 15) is 9.18 Å². The SMILES string of the molecule is CC(C)C(NC(=O)c1ccc(Cl)c(F)c1)c1ncnn1C. The molecule has 0 saturated carbocycles. The van der Waals surface area contributed by atoms with Crippen LogP contribution < -0.4 is 5.32 Å². The molecule has 5 nitrogen and oxygen atoms in total. The monoisotopic (exact) mass is 310 g/mol. The van der Waals surface area contributed by atoms with Crippen molar-refractivity contribution in [2.45, 2.75) is 19.9 Å². The van der Waals surface area contributed by atoms with Gasteiger partial charge in [-0.1, -0.05) is 25.4 Å². The van der Waals surface area contributed by atoms with Crippen LogP contribution in [0.4, 0.5) is 4.39 Å². The lowest BCUT2D eigenvalue weighted by molar-refractivity contribution is 0.0921. The Bertz CT molecular complexity index is 656. The molecule has 2 rings (SSSR count). The molecule has 0 aliphatic rings. The van der Waals surface area contributed by atoms with E-state index in [4.69, 9.17) is 11.6 Å². The second kappa shape index (κ2) is 6.22. The molecular formula is C14H16ClFN4O. The Morgan fingerprint density at radius 3 is 2.67 bits per heavy atom. The summed E-state index contributed by atoms with van der Waals surface area (Å²) < 4.78 is 15.0. The van der Waals surface area contributed by atoms with Crippen molar-refractivity contribution in [1.82, 2.24) is 20.1 Å². The third-order valence-electron chi connectivity index (χ3n) is 3.16. The first-order valence-electron chi connectivity index (χ1n) is 6.50. The summed E-state index contributed by atoms with van der Waals surface area (Å²) in [7, 11) is 1.76. The van der Waals surface area contributed by atoms with E-state index in [-0.39, 0.29) is 28.5 Å². The van der Waals surface area contributed by atoms with E-state index >= 15 is 0 Å². The maximum absolute atomic E-state index is 13.4. The number of carbonyl (C=O) groups excluding carboxylic acids is 1. The van der Waals surface area contributed by atoms with E-state index in [2.05, 4.69) is 15.4 Å². The Morgan fingerprint density at radius 2 is 2.14 bits per heavy atom. The first kappa shape index (κ1) is 15.4. The molecule has 1 amide bonds. The number of aryl methyl sites for hydroxylation is 1. The lowest BCUT2D eigenvalue weighted by Gasteiger charge is -2.21. The standard InChI is InChI=1S/C14H16ClFN4O/c1-8(2)12(13-17-7-18-20(13)3)19-14(21)9-4-5-10(15)11(16)6-9/h4-8,12H,1-3H3,(H,19,21). The fourth-order valence-electron chi connectivity index (χ4n) is 1.98. The maximum Gasteiger partial charge on any atom is 0.251 e. The van der Waals surface area contributed by atoms with Crippen LogP contribution >= 0.6 is 11.6 Å². The van der Waals surface area contributed by atoms with E-state index in [0.717, 1.165) is 6.07 Å². The fourth-order valence-corrected chi connectivity index (χ4v) is 2.10. The largest absolute Gasteiger partial charge is 0.342 e. The Balaban J connectivity index is 2.23. The van der Waals surface area contributed by atoms with E-state index in [1.807, 2.05) is 13.8 Å². The van der Waals surface area contributed by atoms with Crippen molar-refractivity contribution in [2.75, 3.05) is 0 Å². The summed E-state index contributed by atoms with van der Waals surface area (Å²) in [6.45, 7) is 3.92. The molecule has 0 fully saturated rings. The van der Waals surface area contributed by atoms with Gasteiger partial charge in [0, 0.05) is 12.6 Å². The van der Waals surface area contributed by atoms with Crippen molar-refractivity contribution in [3.63, 3.8) is 0 Å². The molecule has 1 aromatic heterocycles. The van der Waals surface area contributed by atoms with E-state index in [1.54, 1.807) is 11.7 Å². The Kier molecular flexibility index (Phi) is 4.57. The van der Waals surface area contributed by atoms with Gasteiger partial charge in [-0.05, 0) is 24.1 Å². The van der Waals surface area contributed by atoms with Crippen LogP contribution in [0.15, 0.2) is 24.5 Å². The van der Waals surface area contributed by atoms with Gasteiger partial charge in [0.15, 0.2) is 0 Å². The summed E-state index contributed by atoms with van der Waals surface area (Å²) >= 11 is 5.62. The van der Waals surface area contributed by atoms with E-state index < -0.39 is 5.82 Å². The normalized spacial score (nSPS) is 12.5. The van der Waals surface area contributed by atoms with Crippen molar-refractivity contribution >= 4 is 17.5 Å². The van der Waals surface area contributed by atoms with E-state index in [0.29, 0.717) is 5.82 Å². The van der Waals surface area contributed by atoms with Crippen LogP contribution in [0.5, 0.6) is 0 Å². The predicted molar refractivity (Wildman–Crippen MR) is 77.5 cm³/mol. The van der Waals surface area contributed by atoms with Gasteiger partial charge in [0.2, 0.25) is 0 Å². The van der Waals surface area contributed by atoms with Gasteiger partial charge in [0.05, 0.1) is 11.1 Å². The topological polar surface area (TPSA) is 59.8 Å². The molecular weight excluding hydrogens is 295 g/mol. The number of nitrogens with zero attached hydrogens (tertiary/aromatic N) is 3. The third kappa shape index (κ3) is 3.39. The van der Waals surface area contributed by atoms with Crippen molar-refractivity contribution in [2.24, 2.45) is 13.0 Å². The third-order valence-corrected chi connectivity index (χ3v) is 3.47. The Hall–Kier alpha value is -1.95. The van der Waals surface area contributed by atoms with Crippen LogP contribution in [0.2, 0.25) is 5.02 Å². The van der Waals surface area contributed by atoms with Gasteiger partial charge in [0.25, 0.3) is 5.91 Å². The molecule has 1 heterocycles. The van der Waals surface area contributed by atoms with Gasteiger partial charge in [0.1, 0.15) is 18.0 Å². The number of carbonyl (C=O) groups is 1. The van der Waals surface area contributed by atoms with Crippen LogP contribution in [0.3, 0.4) is 0 Å². The Labute approximate surface area is 127 Å². The Morgan fingerprint density at radius 1 is 1.43 bits per heavy atom. The number of halogens is 2. The lowest BCUT2D eigenvalue weighted by Crippen LogP contribution is -2.33. The summed E-state index contributed by atoms with van der Waals surface area (Å²) in [6, 6.07) is 3.64. The predicted octanol–water partition coefficient (Wildman–Crippen LogP) is 2.73. The minimum absolute atomic E-state index is 0.0136. The van der Waals surface area contributed by atoms with Gasteiger partial charge in [-0.15, -0.1) is 0 Å². The molecule has 0 aliphatic carbocycles. The molecule has 0 radical (unpaired) electrons. The highest BCUT2D eigenvalue weighted by molar-refractivity contribution is 6.30. The van der Waals surface area contributed by atoms with E-state index in [1.165, 1.54) is 18.5 Å². The van der Waals surface area contributed by atoms with Gasteiger partial charge >= 0.3 is 0 Å². The fraction of sp³-hybridized carbons (Fsp3) is 0.357. The number of benzene rings is 1. The quantitative estimate of drug-likeness (QED) is 0.944. The number of nitrogens with one attached hydrogen (secondary N) is 1. The molecule has 2 aromatic rings. The van der Waals surface area contributed by atoms with Crippen molar-refractivity contribution in [1.29, 1.82) is 0 Å². The number of amides is 1. The van der Waals surface area contributed by atoms with Crippen LogP contribution in [-0.2, 0) is 7.05 Å².